The Labute approximate surface area is 79.2 Å². The van der Waals surface area contributed by atoms with Gasteiger partial charge in [-0.3, -0.25) is 0 Å². The van der Waals surface area contributed by atoms with Crippen LogP contribution in [0, 0.1) is 6.92 Å². The molecule has 1 atom stereocenters. The van der Waals surface area contributed by atoms with Crippen molar-refractivity contribution in [2.75, 3.05) is 0 Å². The van der Waals surface area contributed by atoms with Crippen LogP contribution in [0.2, 0.25) is 0 Å². The maximum absolute atomic E-state index is 9.61. The lowest BCUT2D eigenvalue weighted by Crippen LogP contribution is -1.97. The summed E-state index contributed by atoms with van der Waals surface area (Å²) < 4.78 is 0. The van der Waals surface area contributed by atoms with E-state index in [0.29, 0.717) is 0 Å². The van der Waals surface area contributed by atoms with Crippen molar-refractivity contribution in [2.24, 2.45) is 0 Å². The Hall–Kier alpha value is -0.830. The molecule has 0 amide bonds. The molecule has 0 saturated carbocycles. The molecule has 3 heteroatoms. The smallest absolute Gasteiger partial charge is 0.106 e. The van der Waals surface area contributed by atoms with E-state index in [1.165, 1.54) is 0 Å². The zero-order chi connectivity index (χ0) is 9.84. The van der Waals surface area contributed by atoms with Gasteiger partial charge in [0, 0.05) is 12.1 Å². The first-order valence-electron chi connectivity index (χ1n) is 4.92. The molecule has 0 spiro atoms. The predicted octanol–water partition coefficient (Wildman–Crippen LogP) is 2.11. The molecule has 1 aromatic rings. The van der Waals surface area contributed by atoms with Crippen molar-refractivity contribution >= 4 is 0 Å². The molecule has 3 nitrogen and oxygen atoms in total. The van der Waals surface area contributed by atoms with Crippen LogP contribution >= 0.6 is 0 Å². The Morgan fingerprint density at radius 1 is 1.46 bits per heavy atom. The fourth-order valence-electron chi connectivity index (χ4n) is 1.41. The Balaban J connectivity index is 2.82. The fraction of sp³-hybridized carbons (Fsp3) is 0.700. The number of H-pyrrole nitrogens is 1. The normalized spacial score (nSPS) is 13.2. The lowest BCUT2D eigenvalue weighted by atomic mass is 10.2. The second-order valence-electron chi connectivity index (χ2n) is 3.37. The monoisotopic (exact) mass is 182 g/mol. The number of nitrogens with one attached hydrogen (secondary N) is 1. The average molecular weight is 182 g/mol. The van der Waals surface area contributed by atoms with Crippen LogP contribution in [0.5, 0.6) is 0 Å². The van der Waals surface area contributed by atoms with Crippen LogP contribution in [0.1, 0.15) is 50.0 Å². The van der Waals surface area contributed by atoms with Crippen molar-refractivity contribution in [3.05, 3.63) is 17.2 Å². The van der Waals surface area contributed by atoms with Gasteiger partial charge in [0.15, 0.2) is 0 Å². The number of imidazole rings is 1. The van der Waals surface area contributed by atoms with Crippen molar-refractivity contribution < 1.29 is 5.11 Å². The third kappa shape index (κ3) is 2.31. The quantitative estimate of drug-likeness (QED) is 0.749. The number of aliphatic hydroxyl groups excluding tert-OH is 1. The highest BCUT2D eigenvalue weighted by Crippen LogP contribution is 2.18. The Kier molecular flexibility index (Phi) is 3.48. The van der Waals surface area contributed by atoms with E-state index in [1.807, 2.05) is 13.8 Å². The Bertz CT molecular complexity index is 268. The molecule has 2 N–H and O–H groups in total. The van der Waals surface area contributed by atoms with Gasteiger partial charge in [0.2, 0.25) is 0 Å². The molecule has 13 heavy (non-hydrogen) atoms. The summed E-state index contributed by atoms with van der Waals surface area (Å²) in [6.07, 6.45) is 2.34. The molecule has 0 aliphatic carbocycles. The molecule has 0 radical (unpaired) electrons. The first kappa shape index (κ1) is 10.3. The second-order valence-corrected chi connectivity index (χ2v) is 3.37. The topological polar surface area (TPSA) is 48.9 Å². The van der Waals surface area contributed by atoms with E-state index >= 15 is 0 Å². The molecular weight excluding hydrogens is 164 g/mol. The van der Waals surface area contributed by atoms with E-state index < -0.39 is 6.10 Å². The minimum absolute atomic E-state index is 0.415. The number of aromatic nitrogens is 2. The largest absolute Gasteiger partial charge is 0.387 e. The molecule has 0 fully saturated rings. The van der Waals surface area contributed by atoms with Crippen molar-refractivity contribution in [3.63, 3.8) is 0 Å². The van der Waals surface area contributed by atoms with Gasteiger partial charge in [0.25, 0.3) is 0 Å². The summed E-state index contributed by atoms with van der Waals surface area (Å²) in [5.74, 6) is 0.988. The van der Waals surface area contributed by atoms with Crippen LogP contribution < -0.4 is 0 Å². The molecule has 0 saturated heterocycles. The van der Waals surface area contributed by atoms with Crippen molar-refractivity contribution in [1.29, 1.82) is 0 Å². The number of aryl methyl sites for hydroxylation is 2. The fourth-order valence-corrected chi connectivity index (χ4v) is 1.41. The Morgan fingerprint density at radius 3 is 2.69 bits per heavy atom. The van der Waals surface area contributed by atoms with Crippen molar-refractivity contribution in [3.8, 4) is 0 Å². The van der Waals surface area contributed by atoms with Crippen LogP contribution in [0.25, 0.3) is 0 Å². The van der Waals surface area contributed by atoms with E-state index in [-0.39, 0.29) is 0 Å². The first-order chi connectivity index (χ1) is 6.19. The zero-order valence-corrected chi connectivity index (χ0v) is 8.59. The van der Waals surface area contributed by atoms with Crippen LogP contribution in [0.3, 0.4) is 0 Å². The van der Waals surface area contributed by atoms with Crippen molar-refractivity contribution in [1.82, 2.24) is 9.97 Å². The highest BCUT2D eigenvalue weighted by molar-refractivity contribution is 5.15. The highest BCUT2D eigenvalue weighted by Gasteiger charge is 2.12. The van der Waals surface area contributed by atoms with E-state index in [2.05, 4.69) is 16.9 Å². The maximum atomic E-state index is 9.61. The molecular formula is C10H18N2O. The average Bonchev–Trinajstić information content (AvgIpc) is 2.46. The van der Waals surface area contributed by atoms with Gasteiger partial charge in [-0.15, -0.1) is 0 Å². The molecule has 1 heterocycles. The van der Waals surface area contributed by atoms with Gasteiger partial charge in [-0.2, -0.15) is 0 Å². The number of rotatable bonds is 4. The van der Waals surface area contributed by atoms with E-state index in [9.17, 15) is 5.11 Å². The number of aromatic amines is 1. The first-order valence-corrected chi connectivity index (χ1v) is 4.92. The van der Waals surface area contributed by atoms with E-state index in [1.54, 1.807) is 0 Å². The molecule has 0 bridgehead atoms. The summed E-state index contributed by atoms with van der Waals surface area (Å²) in [5, 5.41) is 9.61. The third-order valence-corrected chi connectivity index (χ3v) is 2.16. The van der Waals surface area contributed by atoms with Gasteiger partial charge in [0.1, 0.15) is 5.82 Å². The van der Waals surface area contributed by atoms with Gasteiger partial charge in [0.05, 0.1) is 11.8 Å². The third-order valence-electron chi connectivity index (χ3n) is 2.16. The van der Waals surface area contributed by atoms with E-state index in [4.69, 9.17) is 0 Å². The summed E-state index contributed by atoms with van der Waals surface area (Å²) in [4.78, 5) is 7.55. The Morgan fingerprint density at radius 2 is 2.15 bits per heavy atom. The number of hydrogen-bond acceptors (Lipinski definition) is 2. The molecule has 74 valence electrons. The second kappa shape index (κ2) is 4.42. The SMILES string of the molecule is CCCc1nc(C(O)CC)c(C)[nH]1. The van der Waals surface area contributed by atoms with Gasteiger partial charge in [-0.25, -0.2) is 4.98 Å². The molecule has 0 aromatic carbocycles. The standard InChI is InChI=1S/C10H18N2O/c1-4-6-9-11-7(3)10(12-9)8(13)5-2/h8,13H,4-6H2,1-3H3,(H,11,12). The number of hydrogen-bond donors (Lipinski definition) is 2. The van der Waals surface area contributed by atoms with Gasteiger partial charge >= 0.3 is 0 Å². The van der Waals surface area contributed by atoms with Crippen LogP contribution in [0.4, 0.5) is 0 Å². The molecule has 0 aliphatic heterocycles. The predicted molar refractivity (Wildman–Crippen MR) is 52.6 cm³/mol. The van der Waals surface area contributed by atoms with Crippen LogP contribution in [-0.4, -0.2) is 15.1 Å². The maximum Gasteiger partial charge on any atom is 0.106 e. The number of aliphatic hydroxyl groups is 1. The lowest BCUT2D eigenvalue weighted by molar-refractivity contribution is 0.168. The summed E-state index contributed by atoms with van der Waals surface area (Å²) in [6.45, 7) is 6.03. The van der Waals surface area contributed by atoms with Gasteiger partial charge in [-0.05, 0) is 19.8 Å². The number of nitrogens with zero attached hydrogens (tertiary/aromatic N) is 1. The van der Waals surface area contributed by atoms with Gasteiger partial charge in [-0.1, -0.05) is 13.8 Å². The van der Waals surface area contributed by atoms with E-state index in [0.717, 1.165) is 36.5 Å². The molecule has 1 rings (SSSR count). The van der Waals surface area contributed by atoms with Crippen molar-refractivity contribution in [2.45, 2.75) is 46.1 Å². The van der Waals surface area contributed by atoms with Gasteiger partial charge < -0.3 is 10.1 Å². The minimum Gasteiger partial charge on any atom is -0.387 e. The van der Waals surface area contributed by atoms with Crippen LogP contribution in [-0.2, 0) is 6.42 Å². The molecule has 1 aromatic heterocycles. The van der Waals surface area contributed by atoms with Crippen LogP contribution in [0.15, 0.2) is 0 Å². The zero-order valence-electron chi connectivity index (χ0n) is 8.59. The summed E-state index contributed by atoms with van der Waals surface area (Å²) in [7, 11) is 0. The summed E-state index contributed by atoms with van der Waals surface area (Å²) in [5.41, 5.74) is 1.81. The highest BCUT2D eigenvalue weighted by atomic mass is 16.3. The molecule has 1 unspecified atom stereocenters. The lowest BCUT2D eigenvalue weighted by Gasteiger charge is -2.03. The molecule has 0 aliphatic rings. The minimum atomic E-state index is -0.415. The summed E-state index contributed by atoms with van der Waals surface area (Å²) >= 11 is 0. The summed E-state index contributed by atoms with van der Waals surface area (Å²) in [6, 6.07) is 0.